The second kappa shape index (κ2) is 13.8. The zero-order valence-corrected chi connectivity index (χ0v) is 21.0. The van der Waals surface area contributed by atoms with Gasteiger partial charge in [0.05, 0.1) is 5.69 Å². The molecule has 2 rings (SSSR count). The third-order valence-electron chi connectivity index (χ3n) is 3.69. The van der Waals surface area contributed by atoms with E-state index in [1.54, 1.807) is 12.1 Å². The van der Waals surface area contributed by atoms with Crippen molar-refractivity contribution in [1.29, 1.82) is 5.26 Å². The minimum absolute atomic E-state index is 0. The van der Waals surface area contributed by atoms with Crippen LogP contribution < -0.4 is 80.0 Å². The largest absolute Gasteiger partial charge is 1.00 e. The maximum Gasteiger partial charge on any atom is 1.00 e. The van der Waals surface area contributed by atoms with Crippen molar-refractivity contribution in [1.82, 2.24) is 9.97 Å². The van der Waals surface area contributed by atoms with Crippen molar-refractivity contribution < 1.29 is 78.9 Å². The van der Waals surface area contributed by atoms with Crippen LogP contribution in [-0.4, -0.2) is 35.0 Å². The SMILES string of the molecule is [C-]#[N+]c1[nH]c(N=Nc2ccc(N(CCC(=O)[O-])CCC(=O)[O-])cc2N)nc1C#N.[Na+].[Na+]. The predicted molar refractivity (Wildman–Crippen MR) is 96.1 cm³/mol. The van der Waals surface area contributed by atoms with Gasteiger partial charge in [-0.3, -0.25) is 4.98 Å². The molecule has 1 heterocycles. The zero-order valence-electron chi connectivity index (χ0n) is 17.0. The minimum Gasteiger partial charge on any atom is -0.550 e. The third-order valence-corrected chi connectivity index (χ3v) is 3.69. The first-order chi connectivity index (χ1) is 13.8. The summed E-state index contributed by atoms with van der Waals surface area (Å²) in [7, 11) is 0. The van der Waals surface area contributed by atoms with Crippen molar-refractivity contribution in [3.05, 3.63) is 35.3 Å². The van der Waals surface area contributed by atoms with Crippen molar-refractivity contribution in [2.24, 2.45) is 10.2 Å². The fourth-order valence-electron chi connectivity index (χ4n) is 2.31. The molecule has 1 aromatic heterocycles. The topological polar surface area (TPSA) is 191 Å². The number of nitrogen functional groups attached to an aromatic ring is 1. The molecule has 0 atom stereocenters. The average molecular weight is 440 g/mol. The fourth-order valence-corrected chi connectivity index (χ4v) is 2.31. The molecule has 1 aromatic carbocycles. The number of hydrogen-bond acceptors (Lipinski definition) is 10. The molecule has 0 bridgehead atoms. The first-order valence-electron chi connectivity index (χ1n) is 8.17. The fraction of sp³-hybridized carbons (Fsp3) is 0.235. The number of carbonyl (C=O) groups is 2. The van der Waals surface area contributed by atoms with Gasteiger partial charge in [0.2, 0.25) is 0 Å². The summed E-state index contributed by atoms with van der Waals surface area (Å²) >= 11 is 0. The van der Waals surface area contributed by atoms with Crippen LogP contribution in [0.4, 0.5) is 28.8 Å². The Labute approximate surface area is 221 Å². The van der Waals surface area contributed by atoms with Crippen molar-refractivity contribution in [2.45, 2.75) is 12.8 Å². The standard InChI is InChI=1S/C17H16N8O4.2Na/c1-20-16-13(9-18)21-17(22-16)24-23-12-3-2-10(8-11(12)19)25(6-4-14(26)27)7-5-15(28)29;;/h2-3,8H,4-7,19H2,(H,21,22)(H,26,27)(H,28,29);;/q;2*+1/p-2. The number of imidazole rings is 1. The van der Waals surface area contributed by atoms with Crippen LogP contribution in [0.25, 0.3) is 4.85 Å². The van der Waals surface area contributed by atoms with E-state index >= 15 is 0 Å². The van der Waals surface area contributed by atoms with Crippen molar-refractivity contribution in [3.8, 4) is 6.07 Å². The van der Waals surface area contributed by atoms with Gasteiger partial charge in [-0.2, -0.15) is 10.2 Å². The maximum atomic E-state index is 10.7. The molecular weight excluding hydrogens is 426 g/mol. The molecule has 148 valence electrons. The van der Waals surface area contributed by atoms with Crippen molar-refractivity contribution in [2.75, 3.05) is 23.7 Å². The molecule has 31 heavy (non-hydrogen) atoms. The summed E-state index contributed by atoms with van der Waals surface area (Å²) in [5, 5.41) is 38.0. The van der Waals surface area contributed by atoms with Gasteiger partial charge in [-0.05, 0) is 18.2 Å². The van der Waals surface area contributed by atoms with Gasteiger partial charge in [0.15, 0.2) is 5.69 Å². The molecule has 0 fully saturated rings. The third kappa shape index (κ3) is 8.67. The predicted octanol–water partition coefficient (Wildman–Crippen LogP) is -6.08. The molecule has 0 amide bonds. The van der Waals surface area contributed by atoms with E-state index < -0.39 is 11.9 Å². The van der Waals surface area contributed by atoms with E-state index in [1.165, 1.54) is 17.0 Å². The van der Waals surface area contributed by atoms with E-state index in [2.05, 4.69) is 25.0 Å². The van der Waals surface area contributed by atoms with Crippen LogP contribution in [0.15, 0.2) is 28.4 Å². The number of benzene rings is 1. The Kier molecular flexibility index (Phi) is 12.7. The summed E-state index contributed by atoms with van der Waals surface area (Å²) in [6.07, 6.45) is -0.588. The van der Waals surface area contributed by atoms with E-state index in [-0.39, 0.29) is 114 Å². The minimum atomic E-state index is -1.27. The number of H-pyrrole nitrogens is 1. The van der Waals surface area contributed by atoms with E-state index in [1.807, 2.05) is 0 Å². The molecule has 0 spiro atoms. The van der Waals surface area contributed by atoms with Gasteiger partial charge in [0, 0.05) is 43.6 Å². The number of nitrogens with zero attached hydrogens (tertiary/aromatic N) is 6. The van der Waals surface area contributed by atoms with Crippen LogP contribution in [0.5, 0.6) is 0 Å². The molecule has 0 aliphatic rings. The summed E-state index contributed by atoms with van der Waals surface area (Å²) in [6.45, 7) is 6.99. The summed E-state index contributed by atoms with van der Waals surface area (Å²) in [6, 6.07) is 6.32. The number of hydrogen-bond donors (Lipinski definition) is 2. The second-order valence-electron chi connectivity index (χ2n) is 5.66. The molecule has 0 saturated carbocycles. The Morgan fingerprint density at radius 3 is 2.29 bits per heavy atom. The molecule has 14 heteroatoms. The zero-order chi connectivity index (χ0) is 21.4. The Hall–Kier alpha value is -2.45. The number of aromatic amines is 1. The summed E-state index contributed by atoms with van der Waals surface area (Å²) in [5.74, 6) is -2.63. The van der Waals surface area contributed by atoms with Gasteiger partial charge < -0.3 is 35.3 Å². The van der Waals surface area contributed by atoms with Crippen molar-refractivity contribution >= 4 is 40.8 Å². The number of aromatic nitrogens is 2. The number of anilines is 2. The number of aliphatic carboxylic acids is 2. The Bertz CT molecular complexity index is 992. The van der Waals surface area contributed by atoms with E-state index in [0.717, 1.165) is 0 Å². The number of nitrogens with one attached hydrogen (secondary N) is 1. The van der Waals surface area contributed by atoms with Gasteiger partial charge >= 0.3 is 65.1 Å². The average Bonchev–Trinajstić information content (AvgIpc) is 3.09. The Balaban J connectivity index is 0.00000450. The Morgan fingerprint density at radius 2 is 1.84 bits per heavy atom. The van der Waals surface area contributed by atoms with E-state index in [0.29, 0.717) is 5.69 Å². The maximum absolute atomic E-state index is 10.7. The van der Waals surface area contributed by atoms with Crippen LogP contribution in [0.3, 0.4) is 0 Å². The Morgan fingerprint density at radius 1 is 1.23 bits per heavy atom. The molecule has 0 radical (unpaired) electrons. The van der Waals surface area contributed by atoms with Crippen molar-refractivity contribution in [3.63, 3.8) is 0 Å². The molecular formula is C17H14N8Na2O4. The molecule has 0 aliphatic heterocycles. The monoisotopic (exact) mass is 440 g/mol. The molecule has 3 N–H and O–H groups in total. The van der Waals surface area contributed by atoms with Crippen LogP contribution in [0.1, 0.15) is 18.5 Å². The quantitative estimate of drug-likeness (QED) is 0.167. The van der Waals surface area contributed by atoms with Crippen LogP contribution >= 0.6 is 0 Å². The molecule has 0 aliphatic carbocycles. The number of carboxylic acids is 2. The number of rotatable bonds is 9. The van der Waals surface area contributed by atoms with Gasteiger partial charge in [-0.1, -0.05) is 11.7 Å². The van der Waals surface area contributed by atoms with Crippen LogP contribution in [0.2, 0.25) is 0 Å². The summed E-state index contributed by atoms with van der Waals surface area (Å²) < 4.78 is 0. The number of azo groups is 1. The molecule has 0 unspecified atom stereocenters. The molecule has 12 nitrogen and oxygen atoms in total. The smallest absolute Gasteiger partial charge is 0.550 e. The van der Waals surface area contributed by atoms with E-state index in [4.69, 9.17) is 17.6 Å². The van der Waals surface area contributed by atoms with Crippen LogP contribution in [0, 0.1) is 17.9 Å². The number of carbonyl (C=O) groups excluding carboxylic acids is 2. The number of carboxylic acid groups (broad SMARTS) is 2. The van der Waals surface area contributed by atoms with Gasteiger partial charge in [-0.25, -0.2) is 0 Å². The van der Waals surface area contributed by atoms with Gasteiger partial charge in [0.25, 0.3) is 5.82 Å². The normalized spacial score (nSPS) is 9.74. The first-order valence-corrected chi connectivity index (χ1v) is 8.17. The molecule has 2 aromatic rings. The summed E-state index contributed by atoms with van der Waals surface area (Å²) in [5.41, 5.74) is 6.79. The van der Waals surface area contributed by atoms with Gasteiger partial charge in [-0.15, -0.1) is 5.11 Å². The number of nitrogens with two attached hydrogens (primary N) is 1. The summed E-state index contributed by atoms with van der Waals surface area (Å²) in [4.78, 5) is 32.4. The second-order valence-corrected chi connectivity index (χ2v) is 5.66. The van der Waals surface area contributed by atoms with E-state index in [9.17, 15) is 19.8 Å². The molecule has 0 saturated heterocycles. The van der Waals surface area contributed by atoms with Gasteiger partial charge in [0.1, 0.15) is 11.8 Å². The number of nitriles is 1. The van der Waals surface area contributed by atoms with Crippen LogP contribution in [-0.2, 0) is 9.59 Å². The first kappa shape index (κ1) is 28.5.